The molecule has 0 spiro atoms. The lowest BCUT2D eigenvalue weighted by Crippen LogP contribution is -2.68. The predicted octanol–water partition coefficient (Wildman–Crippen LogP) is 0.977. The molecule has 1 heterocycles. The molecule has 7 heteroatoms. The lowest BCUT2D eigenvalue weighted by molar-refractivity contribution is -2.00. The van der Waals surface area contributed by atoms with E-state index in [0.717, 1.165) is 0 Å². The molecule has 0 aliphatic carbocycles. The van der Waals surface area contributed by atoms with E-state index in [0.29, 0.717) is 0 Å². The highest BCUT2D eigenvalue weighted by atomic mass is 35.7. The minimum absolute atomic E-state index is 1.30. The highest BCUT2D eigenvalue weighted by Gasteiger charge is 2.16. The molecule has 2 aromatic carbocycles. The van der Waals surface area contributed by atoms with Crippen molar-refractivity contribution in [2.45, 2.75) is 6.92 Å². The fraction of sp³-hybridized carbons (Fsp3) is 0.0625. The van der Waals surface area contributed by atoms with Crippen molar-refractivity contribution in [3.63, 3.8) is 0 Å². The third-order valence-corrected chi connectivity index (χ3v) is 5.31. The minimum atomic E-state index is -4.94. The Kier molecular flexibility index (Phi) is 6.20. The van der Waals surface area contributed by atoms with E-state index in [9.17, 15) is 0 Å². The van der Waals surface area contributed by atoms with Crippen LogP contribution in [-0.4, -0.2) is 0 Å². The summed E-state index contributed by atoms with van der Waals surface area (Å²) in [5, 5.41) is 2.25. The molecule has 0 fully saturated rings. The van der Waals surface area contributed by atoms with Gasteiger partial charge in [0.05, 0.1) is 22.7 Å². The fourth-order valence-corrected chi connectivity index (χ4v) is 4.07. The number of hydrogen-bond donors (Lipinski definition) is 0. The van der Waals surface area contributed by atoms with Gasteiger partial charge < -0.3 is 0 Å². The third-order valence-electron chi connectivity index (χ3n) is 2.82. The first kappa shape index (κ1) is 18.0. The van der Waals surface area contributed by atoms with E-state index in [-0.39, 0.29) is 0 Å². The van der Waals surface area contributed by atoms with Crippen LogP contribution in [0.5, 0.6) is 0 Å². The summed E-state index contributed by atoms with van der Waals surface area (Å²) in [6.45, 7) is 2.12. The van der Waals surface area contributed by atoms with Gasteiger partial charge in [0, 0.05) is 11.1 Å². The maximum Gasteiger partial charge on any atom is 0.285 e. The number of rotatable bonds is 2. The average Bonchev–Trinajstić information content (AvgIpc) is 2.97. The Labute approximate surface area is 144 Å². The number of benzene rings is 2. The zero-order valence-electron chi connectivity index (χ0n) is 12.1. The summed E-state index contributed by atoms with van der Waals surface area (Å²) in [4.78, 5) is 1.34. The second-order valence-corrected chi connectivity index (χ2v) is 7.55. The summed E-state index contributed by atoms with van der Waals surface area (Å²) in [5.41, 5.74) is 3.93. The van der Waals surface area contributed by atoms with Crippen molar-refractivity contribution in [2.75, 3.05) is 0 Å². The molecule has 0 saturated heterocycles. The molecule has 0 aliphatic heterocycles. The zero-order valence-corrected chi connectivity index (χ0v) is 14.5. The Balaban J connectivity index is 0.000000338. The van der Waals surface area contributed by atoms with Crippen LogP contribution >= 0.6 is 22.7 Å². The standard InChI is InChI=1S/C16H13S2.ClHO4/c1-12-7-9-14(10-8-12)16-17-11-15(18-16)13-5-3-2-4-6-13;2-1(3,4)5/h2-11H,1H3;(H,2,3,4,5)/q+1;/p-1. The van der Waals surface area contributed by atoms with Gasteiger partial charge in [-0.2, -0.15) is 0 Å². The van der Waals surface area contributed by atoms with Gasteiger partial charge >= 0.3 is 0 Å². The molecule has 0 bridgehead atoms. The Hall–Kier alpha value is -1.38. The summed E-state index contributed by atoms with van der Waals surface area (Å²) in [6, 6.07) is 19.3. The van der Waals surface area contributed by atoms with E-state index in [4.69, 9.17) is 18.6 Å². The van der Waals surface area contributed by atoms with Gasteiger partial charge in [-0.3, -0.25) is 0 Å². The number of hydrogen-bond acceptors (Lipinski definition) is 5. The molecule has 0 amide bonds. The van der Waals surface area contributed by atoms with Gasteiger partial charge in [0.25, 0.3) is 4.19 Å². The van der Waals surface area contributed by atoms with Crippen molar-refractivity contribution < 1.29 is 28.9 Å². The van der Waals surface area contributed by atoms with Crippen LogP contribution in [0.1, 0.15) is 5.56 Å². The molecule has 0 atom stereocenters. The number of halogens is 1. The maximum absolute atomic E-state index is 8.49. The van der Waals surface area contributed by atoms with Crippen molar-refractivity contribution in [2.24, 2.45) is 0 Å². The molecule has 0 saturated carbocycles. The van der Waals surface area contributed by atoms with Crippen LogP contribution in [0, 0.1) is 17.2 Å². The first-order valence-electron chi connectivity index (χ1n) is 6.49. The molecular weight excluding hydrogens is 356 g/mol. The topological polar surface area (TPSA) is 92.2 Å². The number of aryl methyl sites for hydroxylation is 1. The molecular formula is C16H13ClO4S2. The highest BCUT2D eigenvalue weighted by Crippen LogP contribution is 2.38. The molecule has 3 aromatic rings. The van der Waals surface area contributed by atoms with Gasteiger partial charge in [-0.1, -0.05) is 48.0 Å². The van der Waals surface area contributed by atoms with Gasteiger partial charge in [0.2, 0.25) is 0 Å². The first-order chi connectivity index (χ1) is 10.8. The van der Waals surface area contributed by atoms with Gasteiger partial charge in [0.1, 0.15) is 5.38 Å². The maximum atomic E-state index is 8.49. The van der Waals surface area contributed by atoms with Crippen LogP contribution in [-0.2, 0) is 0 Å². The zero-order chi connectivity index (χ0) is 16.9. The van der Waals surface area contributed by atoms with E-state index in [1.165, 1.54) is 25.8 Å². The van der Waals surface area contributed by atoms with Crippen LogP contribution < -0.4 is 18.6 Å². The van der Waals surface area contributed by atoms with Crippen LogP contribution in [0.2, 0.25) is 0 Å². The fourth-order valence-electron chi connectivity index (χ4n) is 1.80. The summed E-state index contributed by atoms with van der Waals surface area (Å²) in [5.74, 6) is 0. The van der Waals surface area contributed by atoms with Crippen LogP contribution in [0.25, 0.3) is 20.2 Å². The van der Waals surface area contributed by atoms with Crippen LogP contribution in [0.3, 0.4) is 0 Å². The molecule has 1 aromatic heterocycles. The van der Waals surface area contributed by atoms with Gasteiger partial charge in [-0.05, 0) is 19.1 Å². The quantitative estimate of drug-likeness (QED) is 0.630. The largest absolute Gasteiger partial charge is 0.285 e. The average molecular weight is 369 g/mol. The molecule has 120 valence electrons. The van der Waals surface area contributed by atoms with Gasteiger partial charge in [-0.25, -0.2) is 18.6 Å². The second kappa shape index (κ2) is 7.94. The molecule has 0 unspecified atom stereocenters. The molecule has 23 heavy (non-hydrogen) atoms. The lowest BCUT2D eigenvalue weighted by atomic mass is 10.2. The van der Waals surface area contributed by atoms with E-state index in [2.05, 4.69) is 66.9 Å². The van der Waals surface area contributed by atoms with Crippen molar-refractivity contribution >= 4 is 22.7 Å². The summed E-state index contributed by atoms with van der Waals surface area (Å²) in [6.07, 6.45) is 0. The van der Waals surface area contributed by atoms with Crippen molar-refractivity contribution in [3.05, 3.63) is 65.5 Å². The van der Waals surface area contributed by atoms with Crippen molar-refractivity contribution in [1.29, 1.82) is 0 Å². The van der Waals surface area contributed by atoms with Gasteiger partial charge in [0.15, 0.2) is 4.88 Å². The lowest BCUT2D eigenvalue weighted by Gasteiger charge is -2.17. The Morgan fingerprint density at radius 1 is 0.826 bits per heavy atom. The van der Waals surface area contributed by atoms with Crippen LogP contribution in [0.4, 0.5) is 0 Å². The van der Waals surface area contributed by atoms with E-state index in [1.807, 2.05) is 22.7 Å². The summed E-state index contributed by atoms with van der Waals surface area (Å²) in [7, 11) is -4.94. The van der Waals surface area contributed by atoms with Crippen LogP contribution in [0.15, 0.2) is 60.0 Å². The molecule has 4 nitrogen and oxygen atoms in total. The monoisotopic (exact) mass is 368 g/mol. The van der Waals surface area contributed by atoms with Crippen molar-refractivity contribution in [1.82, 2.24) is 0 Å². The van der Waals surface area contributed by atoms with E-state index in [1.54, 1.807) is 0 Å². The third kappa shape index (κ3) is 6.32. The van der Waals surface area contributed by atoms with Gasteiger partial charge in [-0.15, -0.1) is 10.2 Å². The molecule has 0 radical (unpaired) electrons. The Bertz CT molecular complexity index is 731. The summed E-state index contributed by atoms with van der Waals surface area (Å²) >= 11 is 3.69. The van der Waals surface area contributed by atoms with E-state index >= 15 is 0 Å². The Morgan fingerprint density at radius 2 is 1.39 bits per heavy atom. The SMILES string of the molecule is Cc1ccc(-c2sc(-c3ccccc3)c[s+]2)cc1.[O-][Cl+3]([O-])([O-])[O-]. The smallest absolute Gasteiger partial charge is 0.222 e. The first-order valence-corrected chi connectivity index (χ1v) is 9.42. The normalized spacial score (nSPS) is 10.8. The summed E-state index contributed by atoms with van der Waals surface area (Å²) < 4.78 is 35.3. The predicted molar refractivity (Wildman–Crippen MR) is 82.2 cm³/mol. The molecule has 0 aliphatic rings. The van der Waals surface area contributed by atoms with E-state index < -0.39 is 10.2 Å². The minimum Gasteiger partial charge on any atom is -0.222 e. The van der Waals surface area contributed by atoms with Crippen molar-refractivity contribution in [3.8, 4) is 20.2 Å². The Morgan fingerprint density at radius 3 is 1.96 bits per heavy atom. The molecule has 3 rings (SSSR count). The molecule has 0 N–H and O–H groups in total. The highest BCUT2D eigenvalue weighted by molar-refractivity contribution is 7.37. The second-order valence-electron chi connectivity index (χ2n) is 4.60.